The molecule has 0 aliphatic rings. The summed E-state index contributed by atoms with van der Waals surface area (Å²) >= 11 is 0. The Labute approximate surface area is 103 Å². The minimum absolute atomic E-state index is 0.216. The normalized spacial score (nSPS) is 10.5. The van der Waals surface area contributed by atoms with Crippen LogP contribution in [-0.4, -0.2) is 24.6 Å². The lowest BCUT2D eigenvalue weighted by atomic mass is 10.2. The van der Waals surface area contributed by atoms with Crippen molar-refractivity contribution >= 4 is 22.8 Å². The number of fused-ring (bicyclic) bond motifs is 1. The molecule has 1 aromatic carbocycles. The molecule has 0 spiro atoms. The summed E-state index contributed by atoms with van der Waals surface area (Å²) in [5.41, 5.74) is 2.04. The third kappa shape index (κ3) is 2.91. The van der Waals surface area contributed by atoms with Crippen LogP contribution < -0.4 is 11.1 Å². The molecule has 18 heavy (non-hydrogen) atoms. The molecule has 0 radical (unpaired) electrons. The number of rotatable bonds is 5. The van der Waals surface area contributed by atoms with Crippen LogP contribution in [-0.2, 0) is 9.53 Å². The Morgan fingerprint density at radius 1 is 1.50 bits per heavy atom. The number of anilines is 1. The van der Waals surface area contributed by atoms with Gasteiger partial charge in [0.15, 0.2) is 5.58 Å². The number of methoxy groups -OCH3 is 1. The molecule has 0 saturated carbocycles. The summed E-state index contributed by atoms with van der Waals surface area (Å²) in [6, 6.07) is 5.32. The summed E-state index contributed by atoms with van der Waals surface area (Å²) in [5, 5.41) is 3.15. The summed E-state index contributed by atoms with van der Waals surface area (Å²) in [5.74, 6) is -0.681. The average Bonchev–Trinajstić information content (AvgIpc) is 2.73. The van der Waals surface area contributed by atoms with Gasteiger partial charge in [-0.15, -0.1) is 0 Å². The summed E-state index contributed by atoms with van der Waals surface area (Å²) < 4.78 is 9.44. The maximum atomic E-state index is 11.0. The second kappa shape index (κ2) is 5.39. The first-order chi connectivity index (χ1) is 8.69. The van der Waals surface area contributed by atoms with Crippen LogP contribution in [0, 0.1) is 0 Å². The highest BCUT2D eigenvalue weighted by Gasteiger charge is 2.02. The van der Waals surface area contributed by atoms with Gasteiger partial charge >= 0.3 is 11.7 Å². The molecule has 0 aliphatic carbocycles. The highest BCUT2D eigenvalue weighted by atomic mass is 16.5. The van der Waals surface area contributed by atoms with Crippen LogP contribution in [0.2, 0.25) is 0 Å². The van der Waals surface area contributed by atoms with Gasteiger partial charge in [-0.05, 0) is 24.6 Å². The summed E-state index contributed by atoms with van der Waals surface area (Å²) in [6.07, 6.45) is 1.07. The number of aromatic nitrogens is 1. The van der Waals surface area contributed by atoms with E-state index in [0.717, 1.165) is 5.69 Å². The van der Waals surface area contributed by atoms with Crippen molar-refractivity contribution in [2.24, 2.45) is 0 Å². The quantitative estimate of drug-likeness (QED) is 0.620. The number of hydrogen-bond acceptors (Lipinski definition) is 5. The van der Waals surface area contributed by atoms with E-state index in [1.165, 1.54) is 7.11 Å². The fourth-order valence-corrected chi connectivity index (χ4v) is 1.63. The molecule has 0 saturated heterocycles. The number of carbonyl (C=O) groups is 1. The van der Waals surface area contributed by atoms with Crippen LogP contribution >= 0.6 is 0 Å². The van der Waals surface area contributed by atoms with Gasteiger partial charge in [-0.25, -0.2) is 4.79 Å². The van der Waals surface area contributed by atoms with Gasteiger partial charge in [0.25, 0.3) is 0 Å². The van der Waals surface area contributed by atoms with Crippen molar-refractivity contribution in [3.63, 3.8) is 0 Å². The minimum atomic E-state index is -0.465. The number of aromatic amines is 1. The number of oxazole rings is 1. The molecular weight excluding hydrogens is 236 g/mol. The number of H-pyrrole nitrogens is 1. The largest absolute Gasteiger partial charge is 0.469 e. The van der Waals surface area contributed by atoms with Gasteiger partial charge in [0.05, 0.1) is 12.6 Å². The fraction of sp³-hybridized carbons (Fsp3) is 0.333. The number of nitrogens with one attached hydrogen (secondary N) is 2. The van der Waals surface area contributed by atoms with Crippen molar-refractivity contribution in [2.45, 2.75) is 12.8 Å². The Morgan fingerprint density at radius 2 is 2.33 bits per heavy atom. The zero-order valence-electron chi connectivity index (χ0n) is 9.99. The molecule has 6 nitrogen and oxygen atoms in total. The lowest BCUT2D eigenvalue weighted by Crippen LogP contribution is -2.06. The topological polar surface area (TPSA) is 84.3 Å². The Bertz CT molecular complexity index is 599. The molecule has 2 rings (SSSR count). The van der Waals surface area contributed by atoms with E-state index in [4.69, 9.17) is 4.42 Å². The van der Waals surface area contributed by atoms with Gasteiger partial charge in [0, 0.05) is 18.7 Å². The van der Waals surface area contributed by atoms with Crippen molar-refractivity contribution in [2.75, 3.05) is 19.0 Å². The van der Waals surface area contributed by atoms with Crippen LogP contribution in [0.3, 0.4) is 0 Å². The van der Waals surface area contributed by atoms with E-state index in [9.17, 15) is 9.59 Å². The Balaban J connectivity index is 1.91. The van der Waals surface area contributed by atoms with E-state index in [1.54, 1.807) is 12.1 Å². The maximum absolute atomic E-state index is 11.0. The van der Waals surface area contributed by atoms with Crippen LogP contribution in [0.25, 0.3) is 11.1 Å². The number of hydrogen-bond donors (Lipinski definition) is 2. The molecule has 0 aliphatic heterocycles. The SMILES string of the molecule is COC(=O)CCCNc1ccc2oc(=O)[nH]c2c1. The predicted molar refractivity (Wildman–Crippen MR) is 66.6 cm³/mol. The fourth-order valence-electron chi connectivity index (χ4n) is 1.63. The number of ether oxygens (including phenoxy) is 1. The number of benzene rings is 1. The van der Waals surface area contributed by atoms with Gasteiger partial charge in [-0.2, -0.15) is 0 Å². The second-order valence-electron chi connectivity index (χ2n) is 3.83. The van der Waals surface area contributed by atoms with E-state index >= 15 is 0 Å². The molecule has 0 fully saturated rings. The van der Waals surface area contributed by atoms with E-state index < -0.39 is 5.76 Å². The van der Waals surface area contributed by atoms with Crippen molar-refractivity contribution in [1.29, 1.82) is 0 Å². The van der Waals surface area contributed by atoms with Gasteiger partial charge in [0.1, 0.15) is 0 Å². The predicted octanol–water partition coefficient (Wildman–Crippen LogP) is 1.49. The molecule has 2 aromatic rings. The van der Waals surface area contributed by atoms with Crippen molar-refractivity contribution in [1.82, 2.24) is 4.98 Å². The van der Waals surface area contributed by atoms with Gasteiger partial charge in [-0.1, -0.05) is 0 Å². The van der Waals surface area contributed by atoms with Gasteiger partial charge in [0.2, 0.25) is 0 Å². The van der Waals surface area contributed by atoms with E-state index in [1.807, 2.05) is 6.07 Å². The first-order valence-electron chi connectivity index (χ1n) is 5.62. The summed E-state index contributed by atoms with van der Waals surface area (Å²) in [6.45, 7) is 0.655. The highest BCUT2D eigenvalue weighted by molar-refractivity contribution is 5.76. The lowest BCUT2D eigenvalue weighted by molar-refractivity contribution is -0.140. The number of esters is 1. The zero-order chi connectivity index (χ0) is 13.0. The molecule has 6 heteroatoms. The molecule has 0 bridgehead atoms. The first kappa shape index (κ1) is 12.2. The standard InChI is InChI=1S/C12H14N2O4/c1-17-11(15)3-2-6-13-8-4-5-10-9(7-8)14-12(16)18-10/h4-5,7,13H,2-3,6H2,1H3,(H,14,16). The Morgan fingerprint density at radius 3 is 3.11 bits per heavy atom. The third-order valence-corrected chi connectivity index (χ3v) is 2.53. The van der Waals surface area contributed by atoms with E-state index in [-0.39, 0.29) is 5.97 Å². The summed E-state index contributed by atoms with van der Waals surface area (Å²) in [7, 11) is 1.37. The third-order valence-electron chi connectivity index (χ3n) is 2.53. The number of carbonyl (C=O) groups excluding carboxylic acids is 1. The van der Waals surface area contributed by atoms with Crippen LogP contribution in [0.5, 0.6) is 0 Å². The molecule has 0 atom stereocenters. The van der Waals surface area contributed by atoms with Gasteiger partial charge in [-0.3, -0.25) is 9.78 Å². The zero-order valence-corrected chi connectivity index (χ0v) is 9.99. The Hall–Kier alpha value is -2.24. The van der Waals surface area contributed by atoms with Crippen molar-refractivity contribution in [3.8, 4) is 0 Å². The minimum Gasteiger partial charge on any atom is -0.469 e. The second-order valence-corrected chi connectivity index (χ2v) is 3.83. The molecule has 1 heterocycles. The maximum Gasteiger partial charge on any atom is 0.417 e. The first-order valence-corrected chi connectivity index (χ1v) is 5.62. The average molecular weight is 250 g/mol. The highest BCUT2D eigenvalue weighted by Crippen LogP contribution is 2.16. The monoisotopic (exact) mass is 250 g/mol. The van der Waals surface area contributed by atoms with Crippen LogP contribution in [0.15, 0.2) is 27.4 Å². The van der Waals surface area contributed by atoms with Gasteiger partial charge < -0.3 is 14.5 Å². The van der Waals surface area contributed by atoms with Crippen LogP contribution in [0.4, 0.5) is 5.69 Å². The Kier molecular flexibility index (Phi) is 3.66. The lowest BCUT2D eigenvalue weighted by Gasteiger charge is -2.05. The summed E-state index contributed by atoms with van der Waals surface area (Å²) in [4.78, 5) is 24.5. The van der Waals surface area contributed by atoms with Crippen LogP contribution in [0.1, 0.15) is 12.8 Å². The smallest absolute Gasteiger partial charge is 0.417 e. The molecular formula is C12H14N2O4. The van der Waals surface area contributed by atoms with E-state index in [2.05, 4.69) is 15.0 Å². The molecule has 96 valence electrons. The van der Waals surface area contributed by atoms with Crippen molar-refractivity contribution < 1.29 is 13.9 Å². The molecule has 1 aromatic heterocycles. The molecule has 0 amide bonds. The van der Waals surface area contributed by atoms with E-state index in [0.29, 0.717) is 30.5 Å². The molecule has 2 N–H and O–H groups in total. The molecule has 0 unspecified atom stereocenters. The van der Waals surface area contributed by atoms with Crippen molar-refractivity contribution in [3.05, 3.63) is 28.7 Å².